The molecule has 3 N–H and O–H groups in total. The van der Waals surface area contributed by atoms with Gasteiger partial charge in [0, 0.05) is 88.5 Å². The average Bonchev–Trinajstić information content (AvgIpc) is 3.88. The molecule has 19 heteroatoms. The van der Waals surface area contributed by atoms with E-state index in [2.05, 4.69) is 16.0 Å². The number of hydrogen-bond acceptors (Lipinski definition) is 15. The normalized spacial score (nSPS) is 14.9. The SMILES string of the molecule is CCC(C)[C@H](CC(=O)C(C)(C)N(C)C)C(=O)N(C)[C@H](C[C@@H](OC(C)=O)c1nc(C(=O)N[C@@H](Cc2ccc(C)cc2)CC(C)C(=O)CC(C)C(=O)NC(CCCCCC(=O)CSC)C(=O)NCCOCCOC)cs1)C(C)C. The number of methoxy groups -OCH3 is 1. The lowest BCUT2D eigenvalue weighted by atomic mass is 9.81. The first-order valence-electron chi connectivity index (χ1n) is 27.4. The van der Waals surface area contributed by atoms with Gasteiger partial charge in [-0.15, -0.1) is 11.3 Å². The number of ether oxygens (including phenoxy) is 3. The van der Waals surface area contributed by atoms with Gasteiger partial charge in [0.05, 0.1) is 31.1 Å². The minimum atomic E-state index is -0.889. The van der Waals surface area contributed by atoms with Crippen molar-refractivity contribution in [1.82, 2.24) is 30.7 Å². The Morgan fingerprint density at radius 3 is 2.12 bits per heavy atom. The second-order valence-corrected chi connectivity index (χ2v) is 23.6. The minimum absolute atomic E-state index is 0.0281. The monoisotopic (exact) mass is 1110 g/mol. The molecular formula is C58H94N6O11S2. The van der Waals surface area contributed by atoms with Gasteiger partial charge in [-0.3, -0.25) is 43.3 Å². The van der Waals surface area contributed by atoms with E-state index in [0.29, 0.717) is 68.9 Å². The van der Waals surface area contributed by atoms with E-state index in [1.54, 1.807) is 38.3 Å². The number of rotatable bonds is 39. The highest BCUT2D eigenvalue weighted by molar-refractivity contribution is 7.99. The molecule has 1 aromatic heterocycles. The van der Waals surface area contributed by atoms with Gasteiger partial charge < -0.3 is 35.1 Å². The fourth-order valence-corrected chi connectivity index (χ4v) is 10.2. The standard InChI is InChI=1S/C58H94N6O11S2/c1-16-39(5)46(33-52(68)58(9,10)63(11)12)57(72)64(13)49(37(2)3)34-51(75-42(8)65)56-62-48(36-77-56)55(71)60-44(32-43-24-22-38(4)23-25-43)30-40(6)50(67)31-41(7)53(69)61-47(21-19-17-18-20-45(66)35-76-15)54(70)59-26-27-74-29-28-73-14/h22-25,36-37,39-41,44,46-47,49,51H,16-21,26-35H2,1-15H3,(H,59,70)(H,60,71)(H,61,69)/t39?,40?,41?,44-,46+,47?,49-,51-/m1/s1. The molecule has 77 heavy (non-hydrogen) atoms. The van der Waals surface area contributed by atoms with Gasteiger partial charge in [-0.2, -0.15) is 11.8 Å². The van der Waals surface area contributed by atoms with Crippen LogP contribution in [0.2, 0.25) is 0 Å². The van der Waals surface area contributed by atoms with Crippen LogP contribution in [0.3, 0.4) is 0 Å². The van der Waals surface area contributed by atoms with E-state index < -0.39 is 65.3 Å². The third-order valence-corrected chi connectivity index (χ3v) is 16.3. The van der Waals surface area contributed by atoms with E-state index in [1.165, 1.54) is 30.0 Å². The van der Waals surface area contributed by atoms with Crippen molar-refractivity contribution in [3.8, 4) is 0 Å². The molecule has 2 aromatic rings. The molecule has 1 aromatic carbocycles. The summed E-state index contributed by atoms with van der Waals surface area (Å²) in [6.45, 7) is 19.7. The number of hydrogen-bond donors (Lipinski definition) is 3. The Bertz CT molecular complexity index is 2180. The smallest absolute Gasteiger partial charge is 0.303 e. The van der Waals surface area contributed by atoms with Gasteiger partial charge in [-0.25, -0.2) is 4.98 Å². The van der Waals surface area contributed by atoms with Crippen LogP contribution in [-0.4, -0.2) is 152 Å². The summed E-state index contributed by atoms with van der Waals surface area (Å²) in [5.74, 6) is -3.59. The molecule has 17 nitrogen and oxygen atoms in total. The molecule has 0 radical (unpaired) electrons. The van der Waals surface area contributed by atoms with Crippen LogP contribution in [0.5, 0.6) is 0 Å². The Hall–Kier alpha value is -4.56. The third kappa shape index (κ3) is 24.1. The van der Waals surface area contributed by atoms with E-state index in [1.807, 2.05) is 98.0 Å². The van der Waals surface area contributed by atoms with Crippen molar-refractivity contribution >= 4 is 70.0 Å². The van der Waals surface area contributed by atoms with Gasteiger partial charge in [0.2, 0.25) is 17.7 Å². The van der Waals surface area contributed by atoms with Gasteiger partial charge in [0.15, 0.2) is 11.9 Å². The lowest BCUT2D eigenvalue weighted by molar-refractivity contribution is -0.149. The van der Waals surface area contributed by atoms with Gasteiger partial charge in [-0.05, 0) is 84.2 Å². The summed E-state index contributed by atoms with van der Waals surface area (Å²) in [4.78, 5) is 116. The Kier molecular flexibility index (Phi) is 31.3. The minimum Gasteiger partial charge on any atom is -0.455 e. The summed E-state index contributed by atoms with van der Waals surface area (Å²) in [6, 6.07) is 6.12. The van der Waals surface area contributed by atoms with Crippen LogP contribution in [0.15, 0.2) is 29.6 Å². The van der Waals surface area contributed by atoms with Crippen molar-refractivity contribution in [3.05, 3.63) is 51.5 Å². The number of Topliss-reactive ketones (excluding diaryl/α,β-unsaturated/α-hetero) is 3. The number of ketones is 3. The van der Waals surface area contributed by atoms with Crippen LogP contribution in [0.25, 0.3) is 0 Å². The van der Waals surface area contributed by atoms with Crippen LogP contribution in [0, 0.1) is 36.5 Å². The molecule has 1 heterocycles. The zero-order chi connectivity index (χ0) is 58.0. The number of benzene rings is 1. The summed E-state index contributed by atoms with van der Waals surface area (Å²) < 4.78 is 16.4. The number of aryl methyl sites for hydroxylation is 1. The maximum absolute atomic E-state index is 14.4. The number of carbonyl (C=O) groups is 8. The van der Waals surface area contributed by atoms with Gasteiger partial charge in [-0.1, -0.05) is 90.6 Å². The molecule has 0 aliphatic heterocycles. The molecule has 0 aliphatic carbocycles. The molecule has 4 amide bonds. The first-order valence-corrected chi connectivity index (χ1v) is 29.7. The number of thioether (sulfide) groups is 1. The first-order chi connectivity index (χ1) is 36.3. The molecule has 0 aliphatic rings. The molecule has 8 atom stereocenters. The van der Waals surface area contributed by atoms with Crippen molar-refractivity contribution in [3.63, 3.8) is 0 Å². The lowest BCUT2D eigenvalue weighted by Crippen LogP contribution is -2.50. The third-order valence-electron chi connectivity index (χ3n) is 14.7. The highest BCUT2D eigenvalue weighted by Gasteiger charge is 2.39. The second-order valence-electron chi connectivity index (χ2n) is 21.8. The van der Waals surface area contributed by atoms with Crippen LogP contribution in [0.1, 0.15) is 159 Å². The fourth-order valence-electron chi connectivity index (χ4n) is 8.87. The Labute approximate surface area is 468 Å². The molecule has 2 rings (SSSR count). The summed E-state index contributed by atoms with van der Waals surface area (Å²) in [6.07, 6.45) is 5.39. The predicted molar refractivity (Wildman–Crippen MR) is 306 cm³/mol. The van der Waals surface area contributed by atoms with E-state index >= 15 is 0 Å². The Balaban J connectivity index is 2.30. The van der Waals surface area contributed by atoms with E-state index in [0.717, 1.165) is 11.1 Å². The zero-order valence-electron chi connectivity index (χ0n) is 49.0. The molecule has 0 bridgehead atoms. The summed E-state index contributed by atoms with van der Waals surface area (Å²) in [7, 11) is 7.00. The van der Waals surface area contributed by atoms with Gasteiger partial charge >= 0.3 is 5.97 Å². The number of nitrogens with one attached hydrogen (secondary N) is 3. The highest BCUT2D eigenvalue weighted by atomic mass is 32.2. The second kappa shape index (κ2) is 35.1. The van der Waals surface area contributed by atoms with Crippen molar-refractivity contribution < 1.29 is 52.6 Å². The number of carbonyl (C=O) groups excluding carboxylic acids is 8. The molecule has 4 unspecified atom stereocenters. The first kappa shape index (κ1) is 68.5. The van der Waals surface area contributed by atoms with E-state index in [4.69, 9.17) is 19.2 Å². The summed E-state index contributed by atoms with van der Waals surface area (Å²) >= 11 is 2.66. The van der Waals surface area contributed by atoms with Crippen LogP contribution < -0.4 is 16.0 Å². The molecule has 434 valence electrons. The molecule has 0 fully saturated rings. The lowest BCUT2D eigenvalue weighted by Gasteiger charge is -2.38. The highest BCUT2D eigenvalue weighted by Crippen LogP contribution is 2.33. The Morgan fingerprint density at radius 2 is 1.52 bits per heavy atom. The van der Waals surface area contributed by atoms with E-state index in [-0.39, 0.29) is 85.5 Å². The largest absolute Gasteiger partial charge is 0.455 e. The molecule has 0 saturated carbocycles. The fraction of sp³-hybridized carbons (Fsp3) is 0.707. The van der Waals surface area contributed by atoms with Crippen molar-refractivity contribution in [1.29, 1.82) is 0 Å². The Morgan fingerprint density at radius 1 is 0.844 bits per heavy atom. The number of likely N-dealkylation sites (N-methyl/N-ethyl adjacent to an activating group) is 1. The number of thiazole rings is 1. The number of nitrogens with zero attached hydrogens (tertiary/aromatic N) is 3. The maximum Gasteiger partial charge on any atom is 0.303 e. The quantitative estimate of drug-likeness (QED) is 0.0427. The zero-order valence-corrected chi connectivity index (χ0v) is 50.7. The van der Waals surface area contributed by atoms with Gasteiger partial charge in [0.1, 0.15) is 28.3 Å². The average molecular weight is 1120 g/mol. The van der Waals surface area contributed by atoms with Crippen molar-refractivity contribution in [2.24, 2.45) is 29.6 Å². The van der Waals surface area contributed by atoms with Crippen LogP contribution >= 0.6 is 23.1 Å². The number of amides is 4. The van der Waals surface area contributed by atoms with Gasteiger partial charge in [0.25, 0.3) is 5.91 Å². The summed E-state index contributed by atoms with van der Waals surface area (Å²) in [5.41, 5.74) is 1.35. The predicted octanol–water partition coefficient (Wildman–Crippen LogP) is 8.00. The molecular weight excluding hydrogens is 1020 g/mol. The molecule has 0 saturated heterocycles. The van der Waals surface area contributed by atoms with E-state index in [9.17, 15) is 38.4 Å². The number of aromatic nitrogens is 1. The topological polar surface area (TPSA) is 220 Å². The van der Waals surface area contributed by atoms with Crippen LogP contribution in [-0.2, 0) is 54.2 Å². The van der Waals surface area contributed by atoms with Crippen molar-refractivity contribution in [2.45, 2.75) is 170 Å². The number of esters is 1. The van der Waals surface area contributed by atoms with Crippen LogP contribution in [0.4, 0.5) is 0 Å². The maximum atomic E-state index is 14.4. The molecule has 0 spiro atoms. The summed E-state index contributed by atoms with van der Waals surface area (Å²) in [5, 5.41) is 10.8. The number of unbranched alkanes of at least 4 members (excludes halogenated alkanes) is 2. The van der Waals surface area contributed by atoms with Crippen molar-refractivity contribution in [2.75, 3.05) is 66.6 Å².